The molecule has 1 fully saturated rings. The van der Waals surface area contributed by atoms with Crippen LogP contribution in [0.2, 0.25) is 0 Å². The van der Waals surface area contributed by atoms with Gasteiger partial charge in [-0.05, 0) is 50.9 Å². The number of aromatic nitrogens is 2. The van der Waals surface area contributed by atoms with E-state index in [1.807, 2.05) is 4.90 Å². The van der Waals surface area contributed by atoms with Crippen LogP contribution in [0.3, 0.4) is 0 Å². The SMILES string of the molecule is COc1cc(OC)cc(N(c2ccncn2)S(=O)(=O)c2cc(OC(F)F)c(N[C@H]3CC[C@H](c4cccc(C(F)(F)F)c4)C[C@@H]3N(C)C)cc2F)c1. The Hall–Kier alpha value is -4.77. The molecule has 3 aromatic carbocycles. The van der Waals surface area contributed by atoms with Crippen molar-refractivity contribution in [3.63, 3.8) is 0 Å². The van der Waals surface area contributed by atoms with Crippen LogP contribution in [0.5, 0.6) is 17.2 Å². The number of likely N-dealkylation sites (N-methyl/N-ethyl adjacent to an activating group) is 1. The number of halogens is 6. The zero-order valence-electron chi connectivity index (χ0n) is 27.9. The molecule has 5 rings (SSSR count). The van der Waals surface area contributed by atoms with E-state index in [9.17, 15) is 30.4 Å². The van der Waals surface area contributed by atoms with Crippen LogP contribution in [0.1, 0.15) is 36.3 Å². The molecule has 0 unspecified atom stereocenters. The summed E-state index contributed by atoms with van der Waals surface area (Å²) in [7, 11) is 1.26. The zero-order chi connectivity index (χ0) is 37.1. The second-order valence-electron chi connectivity index (χ2n) is 12.0. The minimum Gasteiger partial charge on any atom is -0.497 e. The summed E-state index contributed by atoms with van der Waals surface area (Å²) in [6.07, 6.45) is -0.982. The molecule has 51 heavy (non-hydrogen) atoms. The van der Waals surface area contributed by atoms with Crippen molar-refractivity contribution in [2.75, 3.05) is 37.9 Å². The molecule has 0 aliphatic heterocycles. The van der Waals surface area contributed by atoms with Crippen molar-refractivity contribution in [2.24, 2.45) is 0 Å². The van der Waals surface area contributed by atoms with Gasteiger partial charge < -0.3 is 24.4 Å². The number of nitrogens with zero attached hydrogens (tertiary/aromatic N) is 4. The Bertz CT molecular complexity index is 1910. The molecule has 0 bridgehead atoms. The molecule has 274 valence electrons. The second kappa shape index (κ2) is 15.2. The maximum absolute atomic E-state index is 16.1. The molecule has 1 aromatic heterocycles. The number of benzene rings is 3. The van der Waals surface area contributed by atoms with Gasteiger partial charge in [0.15, 0.2) is 11.6 Å². The van der Waals surface area contributed by atoms with Crippen molar-refractivity contribution in [2.45, 2.75) is 54.9 Å². The number of sulfonamides is 1. The lowest BCUT2D eigenvalue weighted by Gasteiger charge is -2.41. The summed E-state index contributed by atoms with van der Waals surface area (Å²) >= 11 is 0. The lowest BCUT2D eigenvalue weighted by atomic mass is 9.78. The van der Waals surface area contributed by atoms with E-state index < -0.39 is 50.9 Å². The van der Waals surface area contributed by atoms with Crippen LogP contribution in [0.15, 0.2) is 78.1 Å². The van der Waals surface area contributed by atoms with E-state index in [-0.39, 0.29) is 40.7 Å². The smallest absolute Gasteiger partial charge is 0.416 e. The number of hydrogen-bond acceptors (Lipinski definition) is 9. The van der Waals surface area contributed by atoms with Gasteiger partial charge in [-0.3, -0.25) is 0 Å². The van der Waals surface area contributed by atoms with E-state index in [1.54, 1.807) is 20.2 Å². The Morgan fingerprint density at radius 1 is 0.961 bits per heavy atom. The normalized spacial score (nSPS) is 18.1. The highest BCUT2D eigenvalue weighted by Crippen LogP contribution is 2.42. The number of ether oxygens (including phenoxy) is 3. The molecule has 17 heteroatoms. The van der Waals surface area contributed by atoms with Gasteiger partial charge >= 0.3 is 12.8 Å². The molecule has 1 heterocycles. The Kier molecular flexibility index (Phi) is 11.2. The summed E-state index contributed by atoms with van der Waals surface area (Å²) in [5.74, 6) is -2.00. The monoisotopic (exact) mass is 739 g/mol. The predicted octanol–water partition coefficient (Wildman–Crippen LogP) is 7.46. The highest BCUT2D eigenvalue weighted by Gasteiger charge is 2.37. The van der Waals surface area contributed by atoms with Crippen molar-refractivity contribution in [3.8, 4) is 17.2 Å². The summed E-state index contributed by atoms with van der Waals surface area (Å²) in [4.78, 5) is 8.68. The third kappa shape index (κ3) is 8.41. The summed E-state index contributed by atoms with van der Waals surface area (Å²) in [6, 6.07) is 11.1. The standard InChI is InChI=1S/C34H35F6N5O5S/c1-44(2)29-13-21(20-6-5-7-22(12-20)34(38,39)40)8-9-27(29)43-28-17-26(35)31(18-30(28)50-33(36)37)51(46,47)45(32-10-11-41-19-42-32)23-14-24(48-3)16-25(15-23)49-4/h5-7,10-12,14-19,21,27,29,33,43H,8-9,13H2,1-4H3/t21-,27-,29-/m0/s1. The molecule has 0 saturated heterocycles. The van der Waals surface area contributed by atoms with Crippen LogP contribution in [-0.2, 0) is 16.2 Å². The van der Waals surface area contributed by atoms with E-state index in [1.165, 1.54) is 50.7 Å². The van der Waals surface area contributed by atoms with E-state index in [4.69, 9.17) is 14.2 Å². The first-order valence-corrected chi connectivity index (χ1v) is 17.0. The minimum absolute atomic E-state index is 0.0748. The van der Waals surface area contributed by atoms with Crippen LogP contribution < -0.4 is 23.8 Å². The van der Waals surface area contributed by atoms with Crippen LogP contribution in [0.4, 0.5) is 43.5 Å². The average molecular weight is 740 g/mol. The quantitative estimate of drug-likeness (QED) is 0.148. The van der Waals surface area contributed by atoms with Crippen LogP contribution in [0.25, 0.3) is 0 Å². The third-order valence-electron chi connectivity index (χ3n) is 8.62. The van der Waals surface area contributed by atoms with Crippen LogP contribution in [-0.4, -0.2) is 70.3 Å². The summed E-state index contributed by atoms with van der Waals surface area (Å²) in [6.45, 7) is -3.41. The molecule has 1 aliphatic rings. The molecule has 0 amide bonds. The maximum atomic E-state index is 16.1. The van der Waals surface area contributed by atoms with Crippen LogP contribution in [0, 0.1) is 5.82 Å². The molecule has 0 radical (unpaired) electrons. The Balaban J connectivity index is 1.52. The van der Waals surface area contributed by atoms with E-state index >= 15 is 4.39 Å². The van der Waals surface area contributed by atoms with Gasteiger partial charge in [-0.15, -0.1) is 0 Å². The largest absolute Gasteiger partial charge is 0.497 e. The zero-order valence-corrected chi connectivity index (χ0v) is 28.7. The second-order valence-corrected chi connectivity index (χ2v) is 13.7. The molecular formula is C34H35F6N5O5S. The van der Waals surface area contributed by atoms with Crippen molar-refractivity contribution < 1.29 is 49.0 Å². The number of rotatable bonds is 12. The molecular weight excluding hydrogens is 704 g/mol. The highest BCUT2D eigenvalue weighted by atomic mass is 32.2. The lowest BCUT2D eigenvalue weighted by Crippen LogP contribution is -2.47. The average Bonchev–Trinajstić information content (AvgIpc) is 3.09. The number of anilines is 3. The van der Waals surface area contributed by atoms with Crippen LogP contribution >= 0.6 is 0 Å². The first-order chi connectivity index (χ1) is 24.1. The third-order valence-corrected chi connectivity index (χ3v) is 10.4. The van der Waals surface area contributed by atoms with Gasteiger partial charge in [0.2, 0.25) is 0 Å². The van der Waals surface area contributed by atoms with Gasteiger partial charge in [0.05, 0.1) is 31.2 Å². The Morgan fingerprint density at radius 3 is 2.25 bits per heavy atom. The summed E-state index contributed by atoms with van der Waals surface area (Å²) in [5, 5.41) is 3.05. The highest BCUT2D eigenvalue weighted by molar-refractivity contribution is 7.93. The van der Waals surface area contributed by atoms with E-state index in [0.717, 1.165) is 24.5 Å². The first kappa shape index (κ1) is 37.5. The number of nitrogens with one attached hydrogen (secondary N) is 1. The van der Waals surface area contributed by atoms with E-state index in [0.29, 0.717) is 35.2 Å². The maximum Gasteiger partial charge on any atom is 0.416 e. The fourth-order valence-electron chi connectivity index (χ4n) is 6.20. The lowest BCUT2D eigenvalue weighted by molar-refractivity contribution is -0.137. The minimum atomic E-state index is -4.96. The fourth-order valence-corrected chi connectivity index (χ4v) is 7.70. The predicted molar refractivity (Wildman–Crippen MR) is 177 cm³/mol. The summed E-state index contributed by atoms with van der Waals surface area (Å²) < 4.78 is 129. The topological polar surface area (TPSA) is 106 Å². The Morgan fingerprint density at radius 2 is 1.67 bits per heavy atom. The molecule has 1 saturated carbocycles. The van der Waals surface area contributed by atoms with Gasteiger partial charge in [0, 0.05) is 54.7 Å². The Labute approximate surface area is 291 Å². The van der Waals surface area contributed by atoms with Crippen molar-refractivity contribution in [1.29, 1.82) is 0 Å². The van der Waals surface area contributed by atoms with Crippen molar-refractivity contribution >= 4 is 27.2 Å². The fraction of sp³-hybridized carbons (Fsp3) is 0.353. The molecule has 0 spiro atoms. The van der Waals surface area contributed by atoms with Gasteiger partial charge in [-0.2, -0.15) is 22.0 Å². The number of methoxy groups -OCH3 is 2. The summed E-state index contributed by atoms with van der Waals surface area (Å²) in [5.41, 5.74) is -0.559. The molecule has 1 N–H and O–H groups in total. The number of hydrogen-bond donors (Lipinski definition) is 1. The van der Waals surface area contributed by atoms with Gasteiger partial charge in [0.1, 0.15) is 28.5 Å². The number of alkyl halides is 5. The van der Waals surface area contributed by atoms with Gasteiger partial charge in [-0.1, -0.05) is 18.2 Å². The van der Waals surface area contributed by atoms with Gasteiger partial charge in [-0.25, -0.2) is 27.1 Å². The van der Waals surface area contributed by atoms with E-state index in [2.05, 4.69) is 15.3 Å². The molecule has 1 aliphatic carbocycles. The first-order valence-electron chi connectivity index (χ1n) is 15.5. The van der Waals surface area contributed by atoms with Crippen molar-refractivity contribution in [1.82, 2.24) is 14.9 Å². The van der Waals surface area contributed by atoms with Crippen molar-refractivity contribution in [3.05, 3.63) is 90.1 Å². The molecule has 4 aromatic rings. The molecule has 10 nitrogen and oxygen atoms in total. The molecule has 3 atom stereocenters. The van der Waals surface area contributed by atoms with Gasteiger partial charge in [0.25, 0.3) is 10.0 Å².